The van der Waals surface area contributed by atoms with E-state index in [4.69, 9.17) is 4.74 Å². The Labute approximate surface area is 160 Å². The molecule has 4 heteroatoms. The summed E-state index contributed by atoms with van der Waals surface area (Å²) in [6.45, 7) is 3.05. The largest absolute Gasteiger partial charge is 0.492 e. The molecule has 3 aromatic rings. The first-order valence-electron chi connectivity index (χ1n) is 9.06. The number of nitrogens with one attached hydrogen (secondary N) is 2. The predicted molar refractivity (Wildman–Crippen MR) is 109 cm³/mol. The fraction of sp³-hybridized carbons (Fsp3) is 0.174. The van der Waals surface area contributed by atoms with E-state index >= 15 is 0 Å². The molecule has 27 heavy (non-hydrogen) atoms. The molecule has 0 saturated carbocycles. The van der Waals surface area contributed by atoms with Crippen LogP contribution in [-0.2, 0) is 4.79 Å². The molecule has 3 aromatic carbocycles. The molecule has 2 N–H and O–H groups in total. The van der Waals surface area contributed by atoms with Crippen LogP contribution in [0.5, 0.6) is 5.75 Å². The highest BCUT2D eigenvalue weighted by atomic mass is 16.5. The van der Waals surface area contributed by atoms with Crippen molar-refractivity contribution in [3.63, 3.8) is 0 Å². The Balaban J connectivity index is 1.62. The van der Waals surface area contributed by atoms with E-state index < -0.39 is 6.04 Å². The van der Waals surface area contributed by atoms with Gasteiger partial charge in [-0.1, -0.05) is 66.2 Å². The summed E-state index contributed by atoms with van der Waals surface area (Å²) in [5.41, 5.74) is 2.86. The van der Waals surface area contributed by atoms with Gasteiger partial charge in [-0.15, -0.1) is 0 Å². The van der Waals surface area contributed by atoms with Gasteiger partial charge in [-0.05, 0) is 36.8 Å². The van der Waals surface area contributed by atoms with Crippen molar-refractivity contribution >= 4 is 11.6 Å². The van der Waals surface area contributed by atoms with Crippen LogP contribution in [0.4, 0.5) is 5.69 Å². The average Bonchev–Trinajstić information content (AvgIpc) is 2.71. The number of aryl methyl sites for hydroxylation is 1. The lowest BCUT2D eigenvalue weighted by Gasteiger charge is -2.19. The van der Waals surface area contributed by atoms with Crippen LogP contribution in [0.1, 0.15) is 17.2 Å². The lowest BCUT2D eigenvalue weighted by atomic mass is 10.1. The Kier molecular flexibility index (Phi) is 6.61. The van der Waals surface area contributed by atoms with Crippen LogP contribution in [0.15, 0.2) is 84.9 Å². The molecule has 1 amide bonds. The maximum Gasteiger partial charge on any atom is 0.246 e. The van der Waals surface area contributed by atoms with Crippen molar-refractivity contribution in [3.8, 4) is 5.75 Å². The molecule has 0 bridgehead atoms. The molecule has 3 rings (SSSR count). The van der Waals surface area contributed by atoms with Crippen molar-refractivity contribution in [3.05, 3.63) is 96.1 Å². The van der Waals surface area contributed by atoms with Crippen molar-refractivity contribution in [1.82, 2.24) is 5.32 Å². The monoisotopic (exact) mass is 360 g/mol. The molecule has 0 saturated heterocycles. The van der Waals surface area contributed by atoms with Gasteiger partial charge in [-0.25, -0.2) is 0 Å². The van der Waals surface area contributed by atoms with E-state index in [1.165, 1.54) is 0 Å². The maximum atomic E-state index is 12.8. The van der Waals surface area contributed by atoms with Crippen LogP contribution in [0.3, 0.4) is 0 Å². The second-order valence-electron chi connectivity index (χ2n) is 6.31. The van der Waals surface area contributed by atoms with Crippen molar-refractivity contribution in [2.45, 2.75) is 13.0 Å². The third-order valence-electron chi connectivity index (χ3n) is 4.18. The molecule has 0 spiro atoms. The standard InChI is InChI=1S/C23H24N2O2/c1-18-12-14-20(15-13-18)25-23(26)22(19-8-4-2-5-9-19)24-16-17-27-21-10-6-3-7-11-21/h2-15,22,24H,16-17H2,1H3,(H,25,26)/t22-/m1/s1. The van der Waals surface area contributed by atoms with E-state index in [0.717, 1.165) is 22.6 Å². The SMILES string of the molecule is Cc1ccc(NC(=O)[C@H](NCCOc2ccccc2)c2ccccc2)cc1. The van der Waals surface area contributed by atoms with Crippen LogP contribution >= 0.6 is 0 Å². The van der Waals surface area contributed by atoms with Gasteiger partial charge in [-0.3, -0.25) is 10.1 Å². The van der Waals surface area contributed by atoms with E-state index in [-0.39, 0.29) is 5.91 Å². The average molecular weight is 360 g/mol. The molecule has 0 unspecified atom stereocenters. The highest BCUT2D eigenvalue weighted by Gasteiger charge is 2.20. The third kappa shape index (κ3) is 5.69. The van der Waals surface area contributed by atoms with Crippen LogP contribution < -0.4 is 15.4 Å². The van der Waals surface area contributed by atoms with Crippen LogP contribution in [0, 0.1) is 6.92 Å². The highest BCUT2D eigenvalue weighted by Crippen LogP contribution is 2.17. The smallest absolute Gasteiger partial charge is 0.246 e. The summed E-state index contributed by atoms with van der Waals surface area (Å²) in [5.74, 6) is 0.726. The van der Waals surface area contributed by atoms with Gasteiger partial charge in [0.05, 0.1) is 0 Å². The Morgan fingerprint density at radius 1 is 0.889 bits per heavy atom. The summed E-state index contributed by atoms with van der Waals surface area (Å²) in [6, 6.07) is 26.7. The van der Waals surface area contributed by atoms with Gasteiger partial charge in [0.1, 0.15) is 18.4 Å². The van der Waals surface area contributed by atoms with E-state index in [0.29, 0.717) is 13.2 Å². The minimum Gasteiger partial charge on any atom is -0.492 e. The van der Waals surface area contributed by atoms with E-state index in [9.17, 15) is 4.79 Å². The summed E-state index contributed by atoms with van der Waals surface area (Å²) in [6.07, 6.45) is 0. The van der Waals surface area contributed by atoms with Gasteiger partial charge < -0.3 is 10.1 Å². The zero-order valence-electron chi connectivity index (χ0n) is 15.4. The number of anilines is 1. The molecule has 0 heterocycles. The lowest BCUT2D eigenvalue weighted by Crippen LogP contribution is -2.35. The lowest BCUT2D eigenvalue weighted by molar-refractivity contribution is -0.118. The third-order valence-corrected chi connectivity index (χ3v) is 4.18. The number of carbonyl (C=O) groups is 1. The van der Waals surface area contributed by atoms with Gasteiger partial charge >= 0.3 is 0 Å². The minimum atomic E-state index is -0.452. The predicted octanol–water partition coefficient (Wildman–Crippen LogP) is 4.34. The Morgan fingerprint density at radius 2 is 1.52 bits per heavy atom. The molecule has 0 radical (unpaired) electrons. The number of rotatable bonds is 8. The van der Waals surface area contributed by atoms with Gasteiger partial charge in [0, 0.05) is 12.2 Å². The summed E-state index contributed by atoms with van der Waals surface area (Å²) in [5, 5.41) is 6.28. The quantitative estimate of drug-likeness (QED) is 0.588. The molecule has 0 aliphatic heterocycles. The topological polar surface area (TPSA) is 50.4 Å². The van der Waals surface area contributed by atoms with Gasteiger partial charge in [-0.2, -0.15) is 0 Å². The number of para-hydroxylation sites is 1. The number of benzene rings is 3. The van der Waals surface area contributed by atoms with Gasteiger partial charge in [0.15, 0.2) is 0 Å². The second kappa shape index (κ2) is 9.55. The molecule has 138 valence electrons. The summed E-state index contributed by atoms with van der Waals surface area (Å²) < 4.78 is 5.71. The van der Waals surface area contributed by atoms with Crippen molar-refractivity contribution in [2.75, 3.05) is 18.5 Å². The zero-order chi connectivity index (χ0) is 18.9. The maximum absolute atomic E-state index is 12.8. The first kappa shape index (κ1) is 18.7. The number of hydrogen-bond acceptors (Lipinski definition) is 3. The molecule has 0 aliphatic carbocycles. The van der Waals surface area contributed by atoms with E-state index in [1.54, 1.807) is 0 Å². The number of hydrogen-bond donors (Lipinski definition) is 2. The molecule has 1 atom stereocenters. The zero-order valence-corrected chi connectivity index (χ0v) is 15.4. The van der Waals surface area contributed by atoms with Crippen molar-refractivity contribution < 1.29 is 9.53 Å². The first-order chi connectivity index (χ1) is 13.2. The Hall–Kier alpha value is -3.11. The number of carbonyl (C=O) groups excluding carboxylic acids is 1. The molecule has 0 aromatic heterocycles. The summed E-state index contributed by atoms with van der Waals surface area (Å²) in [7, 11) is 0. The normalized spacial score (nSPS) is 11.6. The van der Waals surface area contributed by atoms with Crippen LogP contribution in [0.25, 0.3) is 0 Å². The molecule has 4 nitrogen and oxygen atoms in total. The van der Waals surface area contributed by atoms with E-state index in [1.807, 2.05) is 91.9 Å². The van der Waals surface area contributed by atoms with Gasteiger partial charge in [0.2, 0.25) is 5.91 Å². The fourth-order valence-electron chi connectivity index (χ4n) is 2.75. The highest BCUT2D eigenvalue weighted by molar-refractivity contribution is 5.95. The van der Waals surface area contributed by atoms with Crippen LogP contribution in [0.2, 0.25) is 0 Å². The van der Waals surface area contributed by atoms with Crippen LogP contribution in [-0.4, -0.2) is 19.1 Å². The summed E-state index contributed by atoms with van der Waals surface area (Å²) >= 11 is 0. The minimum absolute atomic E-state index is 0.0928. The fourth-order valence-corrected chi connectivity index (χ4v) is 2.75. The number of ether oxygens (including phenoxy) is 1. The Morgan fingerprint density at radius 3 is 2.19 bits per heavy atom. The van der Waals surface area contributed by atoms with E-state index in [2.05, 4.69) is 10.6 Å². The van der Waals surface area contributed by atoms with Crippen molar-refractivity contribution in [2.24, 2.45) is 0 Å². The molecule has 0 aliphatic rings. The second-order valence-corrected chi connectivity index (χ2v) is 6.31. The Bertz CT molecular complexity index is 833. The van der Waals surface area contributed by atoms with Gasteiger partial charge in [0.25, 0.3) is 0 Å². The molecule has 0 fully saturated rings. The van der Waals surface area contributed by atoms with Crippen molar-refractivity contribution in [1.29, 1.82) is 0 Å². The summed E-state index contributed by atoms with van der Waals surface area (Å²) in [4.78, 5) is 12.8. The first-order valence-corrected chi connectivity index (χ1v) is 9.06. The number of amides is 1. The molecular weight excluding hydrogens is 336 g/mol. The molecular formula is C23H24N2O2.